The van der Waals surface area contributed by atoms with Crippen LogP contribution in [0.25, 0.3) is 11.5 Å². The number of nitrogens with zero attached hydrogens (tertiary/aromatic N) is 5. The molecule has 0 aliphatic carbocycles. The summed E-state index contributed by atoms with van der Waals surface area (Å²) < 4.78 is 10.4. The summed E-state index contributed by atoms with van der Waals surface area (Å²) in [6, 6.07) is 0.869. The molecule has 12 heteroatoms. The van der Waals surface area contributed by atoms with Gasteiger partial charge < -0.3 is 30.1 Å². The van der Waals surface area contributed by atoms with E-state index in [1.165, 1.54) is 13.2 Å². The molecule has 0 amide bonds. The zero-order chi connectivity index (χ0) is 17.1. The van der Waals surface area contributed by atoms with E-state index in [1.807, 2.05) is 0 Å². The van der Waals surface area contributed by atoms with Crippen molar-refractivity contribution in [1.29, 1.82) is 0 Å². The molecule has 0 spiro atoms. The Morgan fingerprint density at radius 2 is 2.21 bits per heavy atom. The van der Waals surface area contributed by atoms with Crippen molar-refractivity contribution in [2.45, 2.75) is 24.4 Å². The van der Waals surface area contributed by atoms with Crippen LogP contribution in [0.5, 0.6) is 5.88 Å². The summed E-state index contributed by atoms with van der Waals surface area (Å²) in [5.74, 6) is 0.724. The van der Waals surface area contributed by atoms with E-state index in [0.717, 1.165) is 0 Å². The highest BCUT2D eigenvalue weighted by atomic mass is 16.5. The smallest absolute Gasteiger partial charge is 0.227 e. The first-order valence-corrected chi connectivity index (χ1v) is 7.14. The molecule has 130 valence electrons. The molecule has 1 aliphatic rings. The molecule has 0 bridgehead atoms. The Morgan fingerprint density at radius 1 is 1.38 bits per heavy atom. The number of methoxy groups -OCH3 is 1. The fourth-order valence-electron chi connectivity index (χ4n) is 2.32. The van der Waals surface area contributed by atoms with Crippen LogP contribution in [0.15, 0.2) is 6.07 Å². The van der Waals surface area contributed by atoms with Crippen molar-refractivity contribution < 1.29 is 24.8 Å². The largest absolute Gasteiger partial charge is 0.481 e. The molecule has 2 aromatic heterocycles. The number of aromatic amines is 1. The highest BCUT2D eigenvalue weighted by molar-refractivity contribution is 5.52. The van der Waals surface area contributed by atoms with Gasteiger partial charge in [-0.25, -0.2) is 10.1 Å². The lowest BCUT2D eigenvalue weighted by molar-refractivity contribution is -0.152. The summed E-state index contributed by atoms with van der Waals surface area (Å²) in [6.07, 6.45) is -3.23. The maximum absolute atomic E-state index is 10.2. The van der Waals surface area contributed by atoms with Gasteiger partial charge >= 0.3 is 0 Å². The number of rotatable bonds is 5. The molecule has 0 saturated carbocycles. The number of tetrazole rings is 1. The maximum atomic E-state index is 10.2. The molecule has 1 fully saturated rings. The molecule has 0 radical (unpaired) electrons. The highest BCUT2D eigenvalue weighted by Gasteiger charge is 2.38. The Kier molecular flexibility index (Phi) is 4.80. The molecule has 3 rings (SSSR count). The third kappa shape index (κ3) is 3.26. The van der Waals surface area contributed by atoms with E-state index in [9.17, 15) is 10.2 Å². The predicted octanol–water partition coefficient (Wildman–Crippen LogP) is -2.44. The van der Waals surface area contributed by atoms with E-state index < -0.39 is 24.4 Å². The van der Waals surface area contributed by atoms with Crippen LogP contribution in [0.3, 0.4) is 0 Å². The van der Waals surface area contributed by atoms with E-state index in [2.05, 4.69) is 35.9 Å². The van der Waals surface area contributed by atoms with Crippen LogP contribution in [-0.2, 0) is 4.74 Å². The molecule has 1 saturated heterocycles. The minimum Gasteiger partial charge on any atom is -0.481 e. The Morgan fingerprint density at radius 3 is 2.88 bits per heavy atom. The van der Waals surface area contributed by atoms with Crippen LogP contribution in [0, 0.1) is 0 Å². The first-order chi connectivity index (χ1) is 11.6. The minimum absolute atomic E-state index is 0.0587. The Balaban J connectivity index is 1.81. The number of aromatic nitrogens is 6. The summed E-state index contributed by atoms with van der Waals surface area (Å²) in [5, 5.41) is 45.3. The van der Waals surface area contributed by atoms with Gasteiger partial charge in [0, 0.05) is 6.07 Å². The first kappa shape index (κ1) is 16.4. The van der Waals surface area contributed by atoms with E-state index in [1.54, 1.807) is 0 Å². The van der Waals surface area contributed by atoms with Crippen LogP contribution in [0.1, 0.15) is 0 Å². The lowest BCUT2D eigenvalue weighted by Gasteiger charge is -2.37. The van der Waals surface area contributed by atoms with Gasteiger partial charge in [-0.05, 0) is 10.4 Å². The van der Waals surface area contributed by atoms with Gasteiger partial charge in [-0.1, -0.05) is 0 Å². The van der Waals surface area contributed by atoms with Gasteiger partial charge in [0.1, 0.15) is 24.0 Å². The molecule has 4 atom stereocenters. The average molecular weight is 339 g/mol. The summed E-state index contributed by atoms with van der Waals surface area (Å²) in [6.45, 7) is -0.327. The molecular formula is C12H17N7O5. The van der Waals surface area contributed by atoms with Crippen molar-refractivity contribution >= 4 is 5.95 Å². The number of hydrogen-bond donors (Lipinski definition) is 5. The quantitative estimate of drug-likeness (QED) is 0.392. The number of aliphatic hydroxyl groups is 3. The van der Waals surface area contributed by atoms with Gasteiger partial charge in [0.2, 0.25) is 11.8 Å². The van der Waals surface area contributed by atoms with Gasteiger partial charge in [0.15, 0.2) is 5.82 Å². The van der Waals surface area contributed by atoms with Crippen LogP contribution < -0.4 is 10.1 Å². The monoisotopic (exact) mass is 339 g/mol. The molecule has 0 aromatic carbocycles. The SMILES string of the molecule is COc1cc(-c2nnn[nH]2)nc(N[C@H]2CO[C@H](CO)[C@H](O)[C@@H]2O)n1. The van der Waals surface area contributed by atoms with Crippen LogP contribution in [0.2, 0.25) is 0 Å². The van der Waals surface area contributed by atoms with Gasteiger partial charge in [-0.2, -0.15) is 4.98 Å². The third-order valence-electron chi connectivity index (χ3n) is 3.63. The predicted molar refractivity (Wildman–Crippen MR) is 78.0 cm³/mol. The molecule has 3 heterocycles. The number of nitrogens with one attached hydrogen (secondary N) is 2. The second-order valence-electron chi connectivity index (χ2n) is 5.16. The number of hydrogen-bond acceptors (Lipinski definition) is 11. The van der Waals surface area contributed by atoms with Crippen molar-refractivity contribution in [2.75, 3.05) is 25.6 Å². The second-order valence-corrected chi connectivity index (χ2v) is 5.16. The number of H-pyrrole nitrogens is 1. The lowest BCUT2D eigenvalue weighted by atomic mass is 9.98. The first-order valence-electron chi connectivity index (χ1n) is 7.14. The van der Waals surface area contributed by atoms with Gasteiger partial charge in [0.05, 0.1) is 26.4 Å². The molecule has 12 nitrogen and oxygen atoms in total. The zero-order valence-corrected chi connectivity index (χ0v) is 12.7. The summed E-state index contributed by atoms with van der Waals surface area (Å²) in [4.78, 5) is 8.37. The lowest BCUT2D eigenvalue weighted by Crippen LogP contribution is -2.56. The summed E-state index contributed by atoms with van der Waals surface area (Å²) in [5.41, 5.74) is 0.384. The van der Waals surface area contributed by atoms with Gasteiger partial charge in [-0.15, -0.1) is 5.10 Å². The normalized spacial score (nSPS) is 27.0. The average Bonchev–Trinajstić information content (AvgIpc) is 3.13. The molecule has 2 aromatic rings. The molecular weight excluding hydrogens is 322 g/mol. The van der Waals surface area contributed by atoms with E-state index in [0.29, 0.717) is 11.5 Å². The van der Waals surface area contributed by atoms with E-state index in [4.69, 9.17) is 14.6 Å². The number of anilines is 1. The van der Waals surface area contributed by atoms with E-state index >= 15 is 0 Å². The Bertz CT molecular complexity index is 670. The molecule has 0 unspecified atom stereocenters. The second kappa shape index (κ2) is 7.00. The zero-order valence-electron chi connectivity index (χ0n) is 12.7. The van der Waals surface area contributed by atoms with Crippen molar-refractivity contribution in [3.05, 3.63) is 6.07 Å². The fourth-order valence-corrected chi connectivity index (χ4v) is 2.32. The Labute approximate surface area is 135 Å². The van der Waals surface area contributed by atoms with Crippen molar-refractivity contribution in [2.24, 2.45) is 0 Å². The number of ether oxygens (including phenoxy) is 2. The van der Waals surface area contributed by atoms with Crippen LogP contribution >= 0.6 is 0 Å². The van der Waals surface area contributed by atoms with Crippen LogP contribution in [-0.4, -0.2) is 90.6 Å². The maximum Gasteiger partial charge on any atom is 0.227 e. The van der Waals surface area contributed by atoms with Crippen molar-refractivity contribution in [3.8, 4) is 17.4 Å². The molecule has 24 heavy (non-hydrogen) atoms. The number of aliphatic hydroxyl groups excluding tert-OH is 3. The molecule has 5 N–H and O–H groups in total. The highest BCUT2D eigenvalue weighted by Crippen LogP contribution is 2.22. The third-order valence-corrected chi connectivity index (χ3v) is 3.63. The van der Waals surface area contributed by atoms with E-state index in [-0.39, 0.29) is 25.0 Å². The molecule has 1 aliphatic heterocycles. The van der Waals surface area contributed by atoms with Gasteiger partial charge in [0.25, 0.3) is 0 Å². The summed E-state index contributed by atoms with van der Waals surface area (Å²) >= 11 is 0. The fraction of sp³-hybridized carbons (Fsp3) is 0.583. The summed E-state index contributed by atoms with van der Waals surface area (Å²) in [7, 11) is 1.45. The van der Waals surface area contributed by atoms with Crippen molar-refractivity contribution in [3.63, 3.8) is 0 Å². The minimum atomic E-state index is -1.23. The Hall–Kier alpha value is -2.41. The van der Waals surface area contributed by atoms with Crippen LogP contribution in [0.4, 0.5) is 5.95 Å². The van der Waals surface area contributed by atoms with Crippen molar-refractivity contribution in [1.82, 2.24) is 30.6 Å². The van der Waals surface area contributed by atoms with Gasteiger partial charge in [-0.3, -0.25) is 0 Å². The topological polar surface area (TPSA) is 171 Å². The standard InChI is InChI=1S/C12H17N7O5/c1-23-8-2-5(11-16-18-19-17-11)13-12(15-8)14-6-4-24-7(3-20)10(22)9(6)21/h2,6-7,9-10,20-22H,3-4H2,1H3,(H,13,14,15)(H,16,17,18,19)/t6-,7+,9+,10-/m0/s1.